The lowest BCUT2D eigenvalue weighted by atomic mass is 10.3. The summed E-state index contributed by atoms with van der Waals surface area (Å²) in [6.45, 7) is 0. The van der Waals surface area contributed by atoms with Gasteiger partial charge in [-0.1, -0.05) is 36.0 Å². The highest BCUT2D eigenvalue weighted by Gasteiger charge is 2.23. The van der Waals surface area contributed by atoms with E-state index in [0.29, 0.717) is 5.02 Å². The molecule has 0 aliphatic heterocycles. The van der Waals surface area contributed by atoms with Crippen molar-refractivity contribution < 1.29 is 8.42 Å². The van der Waals surface area contributed by atoms with Gasteiger partial charge in [-0.05, 0) is 31.0 Å². The topological polar surface area (TPSA) is 46.2 Å². The maximum Gasteiger partial charge on any atom is 0.240 e. The molecule has 0 saturated heterocycles. The summed E-state index contributed by atoms with van der Waals surface area (Å²) in [7, 11) is -3.48. The summed E-state index contributed by atoms with van der Waals surface area (Å²) in [6.07, 6.45) is 3.96. The fourth-order valence-corrected chi connectivity index (χ4v) is 3.67. The smallest absolute Gasteiger partial charge is 0.208 e. The molecule has 0 unspecified atom stereocenters. The number of halogens is 2. The molecule has 1 N–H and O–H groups in total. The van der Waals surface area contributed by atoms with Crippen LogP contribution in [0.3, 0.4) is 0 Å². The second-order valence-corrected chi connectivity index (χ2v) is 6.71. The second kappa shape index (κ2) is 5.14. The molecule has 6 heteroatoms. The van der Waals surface area contributed by atoms with E-state index in [-0.39, 0.29) is 16.0 Å². The Morgan fingerprint density at radius 2 is 1.76 bits per heavy atom. The molecule has 1 saturated carbocycles. The lowest BCUT2D eigenvalue weighted by molar-refractivity contribution is 0.552. The predicted octanol–water partition coefficient (Wildman–Crippen LogP) is 3.21. The molecule has 0 atom stereocenters. The highest BCUT2D eigenvalue weighted by atomic mass is 35.5. The summed E-state index contributed by atoms with van der Waals surface area (Å²) >= 11 is 11.6. The summed E-state index contributed by atoms with van der Waals surface area (Å²) in [5.74, 6) is 0. The van der Waals surface area contributed by atoms with E-state index in [1.807, 2.05) is 0 Å². The molecule has 0 spiro atoms. The lowest BCUT2D eigenvalue weighted by Crippen LogP contribution is -2.32. The first-order chi connectivity index (χ1) is 7.99. The van der Waals surface area contributed by atoms with Crippen LogP contribution in [-0.4, -0.2) is 14.5 Å². The van der Waals surface area contributed by atoms with Crippen LogP contribution < -0.4 is 4.72 Å². The number of nitrogens with one attached hydrogen (secondary N) is 1. The molecule has 1 aromatic carbocycles. The number of rotatable bonds is 3. The van der Waals surface area contributed by atoms with Crippen LogP contribution in [0.4, 0.5) is 0 Å². The summed E-state index contributed by atoms with van der Waals surface area (Å²) in [4.78, 5) is 0.166. The van der Waals surface area contributed by atoms with Gasteiger partial charge in [-0.25, -0.2) is 13.1 Å². The van der Waals surface area contributed by atoms with Gasteiger partial charge in [0.2, 0.25) is 10.0 Å². The monoisotopic (exact) mass is 293 g/mol. The summed E-state index contributed by atoms with van der Waals surface area (Å²) in [6, 6.07) is 4.38. The molecule has 0 amide bonds. The third-order valence-corrected chi connectivity index (χ3v) is 5.14. The molecule has 0 heterocycles. The SMILES string of the molecule is O=S(=O)(NC1CCCC1)c1ccc(Cl)c(Cl)c1. The van der Waals surface area contributed by atoms with E-state index >= 15 is 0 Å². The molecular formula is C11H13Cl2NO2S. The maximum atomic E-state index is 12.0. The average molecular weight is 294 g/mol. The molecule has 0 bridgehead atoms. The molecule has 3 nitrogen and oxygen atoms in total. The Labute approximate surface area is 111 Å². The van der Waals surface area contributed by atoms with Gasteiger partial charge in [-0.3, -0.25) is 0 Å². The van der Waals surface area contributed by atoms with Gasteiger partial charge in [-0.15, -0.1) is 0 Å². The van der Waals surface area contributed by atoms with Crippen molar-refractivity contribution in [1.82, 2.24) is 4.72 Å². The Balaban J connectivity index is 2.21. The number of sulfonamides is 1. The van der Waals surface area contributed by atoms with Gasteiger partial charge in [0.05, 0.1) is 14.9 Å². The van der Waals surface area contributed by atoms with Crippen LogP contribution in [0.15, 0.2) is 23.1 Å². The minimum atomic E-state index is -3.48. The molecule has 0 radical (unpaired) electrons. The summed E-state index contributed by atoms with van der Waals surface area (Å²) in [5.41, 5.74) is 0. The van der Waals surface area contributed by atoms with Crippen LogP contribution in [0.1, 0.15) is 25.7 Å². The largest absolute Gasteiger partial charge is 0.240 e. The van der Waals surface area contributed by atoms with Crippen LogP contribution in [0.5, 0.6) is 0 Å². The average Bonchev–Trinajstić information content (AvgIpc) is 2.73. The van der Waals surface area contributed by atoms with Gasteiger partial charge in [0, 0.05) is 6.04 Å². The van der Waals surface area contributed by atoms with E-state index in [9.17, 15) is 8.42 Å². The molecule has 1 aliphatic rings. The third-order valence-electron chi connectivity index (χ3n) is 2.88. The Morgan fingerprint density at radius 1 is 1.12 bits per heavy atom. The first kappa shape index (κ1) is 13.1. The van der Waals surface area contributed by atoms with Crippen LogP contribution >= 0.6 is 23.2 Å². The Kier molecular flexibility index (Phi) is 3.98. The molecule has 2 rings (SSSR count). The minimum Gasteiger partial charge on any atom is -0.208 e. The fraction of sp³-hybridized carbons (Fsp3) is 0.455. The predicted molar refractivity (Wildman–Crippen MR) is 69.0 cm³/mol. The highest BCUT2D eigenvalue weighted by Crippen LogP contribution is 2.26. The van der Waals surface area contributed by atoms with Crippen LogP contribution in [0.2, 0.25) is 10.0 Å². The second-order valence-electron chi connectivity index (χ2n) is 4.18. The highest BCUT2D eigenvalue weighted by molar-refractivity contribution is 7.89. The fourth-order valence-electron chi connectivity index (χ4n) is 1.98. The summed E-state index contributed by atoms with van der Waals surface area (Å²) < 4.78 is 26.8. The van der Waals surface area contributed by atoms with E-state index in [1.165, 1.54) is 18.2 Å². The normalized spacial score (nSPS) is 17.5. The number of hydrogen-bond donors (Lipinski definition) is 1. The van der Waals surface area contributed by atoms with Crippen molar-refractivity contribution in [2.45, 2.75) is 36.6 Å². The first-order valence-electron chi connectivity index (χ1n) is 5.46. The molecule has 94 valence electrons. The molecular weight excluding hydrogens is 281 g/mol. The minimum absolute atomic E-state index is 0.0504. The van der Waals surface area contributed by atoms with E-state index in [2.05, 4.69) is 4.72 Å². The van der Waals surface area contributed by atoms with Crippen molar-refractivity contribution >= 4 is 33.2 Å². The number of hydrogen-bond acceptors (Lipinski definition) is 2. The van der Waals surface area contributed by atoms with Crippen LogP contribution in [-0.2, 0) is 10.0 Å². The Bertz CT molecular complexity index is 510. The van der Waals surface area contributed by atoms with Gasteiger partial charge >= 0.3 is 0 Å². The quantitative estimate of drug-likeness (QED) is 0.930. The lowest BCUT2D eigenvalue weighted by Gasteiger charge is -2.12. The zero-order valence-corrected chi connectivity index (χ0v) is 11.4. The van der Waals surface area contributed by atoms with Crippen LogP contribution in [0.25, 0.3) is 0 Å². The molecule has 0 aromatic heterocycles. The van der Waals surface area contributed by atoms with E-state index in [4.69, 9.17) is 23.2 Å². The van der Waals surface area contributed by atoms with Gasteiger partial charge in [-0.2, -0.15) is 0 Å². The van der Waals surface area contributed by atoms with E-state index < -0.39 is 10.0 Å². The Morgan fingerprint density at radius 3 is 2.35 bits per heavy atom. The maximum absolute atomic E-state index is 12.0. The van der Waals surface area contributed by atoms with Crippen molar-refractivity contribution in [2.75, 3.05) is 0 Å². The first-order valence-corrected chi connectivity index (χ1v) is 7.70. The van der Waals surface area contributed by atoms with E-state index in [0.717, 1.165) is 25.7 Å². The van der Waals surface area contributed by atoms with Gasteiger partial charge in [0.25, 0.3) is 0 Å². The van der Waals surface area contributed by atoms with Crippen molar-refractivity contribution in [1.29, 1.82) is 0 Å². The Hall–Kier alpha value is -0.290. The summed E-state index contributed by atoms with van der Waals surface area (Å²) in [5, 5.41) is 0.604. The number of benzene rings is 1. The van der Waals surface area contributed by atoms with E-state index in [1.54, 1.807) is 0 Å². The molecule has 17 heavy (non-hydrogen) atoms. The van der Waals surface area contributed by atoms with Crippen molar-refractivity contribution in [3.05, 3.63) is 28.2 Å². The zero-order chi connectivity index (χ0) is 12.5. The molecule has 1 aliphatic carbocycles. The van der Waals surface area contributed by atoms with Crippen molar-refractivity contribution in [3.63, 3.8) is 0 Å². The van der Waals surface area contributed by atoms with Crippen molar-refractivity contribution in [3.8, 4) is 0 Å². The zero-order valence-electron chi connectivity index (χ0n) is 9.12. The van der Waals surface area contributed by atoms with Crippen LogP contribution in [0, 0.1) is 0 Å². The molecule has 1 fully saturated rings. The van der Waals surface area contributed by atoms with Gasteiger partial charge < -0.3 is 0 Å². The standard InChI is InChI=1S/C11H13Cl2NO2S/c12-10-6-5-9(7-11(10)13)17(15,16)14-8-3-1-2-4-8/h5-8,14H,1-4H2. The van der Waals surface area contributed by atoms with Gasteiger partial charge in [0.1, 0.15) is 0 Å². The molecule has 1 aromatic rings. The third kappa shape index (κ3) is 3.13. The van der Waals surface area contributed by atoms with Gasteiger partial charge in [0.15, 0.2) is 0 Å². The van der Waals surface area contributed by atoms with Crippen molar-refractivity contribution in [2.24, 2.45) is 0 Å².